The van der Waals surface area contributed by atoms with Crippen LogP contribution in [0.5, 0.6) is 0 Å². The molecule has 0 saturated carbocycles. The van der Waals surface area contributed by atoms with Crippen LogP contribution in [0.2, 0.25) is 0 Å². The number of amides is 1. The zero-order valence-corrected chi connectivity index (χ0v) is 8.57. The van der Waals surface area contributed by atoms with E-state index in [0.29, 0.717) is 5.70 Å². The second-order valence-corrected chi connectivity index (χ2v) is 4.42. The number of nitrogens with one attached hydrogen (secondary N) is 2. The van der Waals surface area contributed by atoms with Crippen molar-refractivity contribution in [2.45, 2.75) is 18.7 Å². The first-order valence-corrected chi connectivity index (χ1v) is 4.65. The van der Waals surface area contributed by atoms with Gasteiger partial charge in [-0.2, -0.15) is 0 Å². The number of hydrogen-bond donors (Lipinski definition) is 4. The molecule has 1 amide bonds. The van der Waals surface area contributed by atoms with Crippen LogP contribution < -0.4 is 16.6 Å². The Kier molecular flexibility index (Phi) is 2.72. The highest BCUT2D eigenvalue weighted by molar-refractivity contribution is 8.06. The standard InChI is InChI=1S/C7H11N3O3S/c1-3-4(5(11)12)14-7(2,9-3)6(13)10-8/h9H,8H2,1-2H3,(H,10,13)(H,11,12)/t7-/m1/s1. The summed E-state index contributed by atoms with van der Waals surface area (Å²) in [7, 11) is 0. The van der Waals surface area contributed by atoms with Gasteiger partial charge in [0.15, 0.2) is 4.87 Å². The molecule has 0 unspecified atom stereocenters. The second kappa shape index (κ2) is 3.50. The number of nitrogens with two attached hydrogens (primary N) is 1. The zero-order valence-electron chi connectivity index (χ0n) is 7.75. The van der Waals surface area contributed by atoms with Crippen molar-refractivity contribution in [3.63, 3.8) is 0 Å². The van der Waals surface area contributed by atoms with Gasteiger partial charge in [0, 0.05) is 5.70 Å². The normalized spacial score (nSPS) is 25.9. The number of carboxylic acids is 1. The van der Waals surface area contributed by atoms with E-state index < -0.39 is 16.7 Å². The number of rotatable bonds is 2. The van der Waals surface area contributed by atoms with Gasteiger partial charge in [0.25, 0.3) is 5.91 Å². The molecule has 0 radical (unpaired) electrons. The second-order valence-electron chi connectivity index (χ2n) is 2.99. The molecule has 0 fully saturated rings. The van der Waals surface area contributed by atoms with Crippen LogP contribution in [0.3, 0.4) is 0 Å². The lowest BCUT2D eigenvalue weighted by Crippen LogP contribution is -2.51. The number of hydrogen-bond acceptors (Lipinski definition) is 5. The highest BCUT2D eigenvalue weighted by Crippen LogP contribution is 2.38. The first-order chi connectivity index (χ1) is 6.40. The number of carboxylic acid groups (broad SMARTS) is 1. The zero-order chi connectivity index (χ0) is 10.9. The van der Waals surface area contributed by atoms with Crippen LogP contribution in [0, 0.1) is 0 Å². The molecule has 78 valence electrons. The van der Waals surface area contributed by atoms with Crippen LogP contribution >= 0.6 is 11.8 Å². The average molecular weight is 217 g/mol. The Bertz CT molecular complexity index is 328. The van der Waals surface area contributed by atoms with Crippen molar-refractivity contribution in [3.05, 3.63) is 10.6 Å². The monoisotopic (exact) mass is 217 g/mol. The van der Waals surface area contributed by atoms with Crippen molar-refractivity contribution in [1.82, 2.24) is 10.7 Å². The molecule has 0 aromatic rings. The van der Waals surface area contributed by atoms with Crippen molar-refractivity contribution in [3.8, 4) is 0 Å². The molecule has 1 aliphatic heterocycles. The molecule has 14 heavy (non-hydrogen) atoms. The Hall–Kier alpha value is -1.21. The summed E-state index contributed by atoms with van der Waals surface area (Å²) in [6.45, 7) is 3.17. The molecular formula is C7H11N3O3S. The minimum absolute atomic E-state index is 0.135. The largest absolute Gasteiger partial charge is 0.477 e. The molecule has 1 rings (SSSR count). The van der Waals surface area contributed by atoms with Gasteiger partial charge < -0.3 is 10.4 Å². The van der Waals surface area contributed by atoms with E-state index in [0.717, 1.165) is 11.8 Å². The van der Waals surface area contributed by atoms with Crippen LogP contribution in [0.4, 0.5) is 0 Å². The summed E-state index contributed by atoms with van der Waals surface area (Å²) in [4.78, 5) is 21.1. The summed E-state index contributed by atoms with van der Waals surface area (Å²) in [5.74, 6) is 3.48. The number of hydrazine groups is 1. The van der Waals surface area contributed by atoms with E-state index >= 15 is 0 Å². The van der Waals surface area contributed by atoms with Crippen LogP contribution in [-0.4, -0.2) is 21.9 Å². The summed E-state index contributed by atoms with van der Waals surface area (Å²) in [6, 6.07) is 0. The molecule has 1 atom stereocenters. The minimum Gasteiger partial charge on any atom is -0.477 e. The van der Waals surface area contributed by atoms with Crippen LogP contribution in [0.1, 0.15) is 13.8 Å². The van der Waals surface area contributed by atoms with Crippen LogP contribution in [-0.2, 0) is 9.59 Å². The number of carbonyl (C=O) groups is 2. The molecule has 7 heteroatoms. The Morgan fingerprint density at radius 2 is 2.21 bits per heavy atom. The van der Waals surface area contributed by atoms with E-state index in [-0.39, 0.29) is 4.91 Å². The molecular weight excluding hydrogens is 206 g/mol. The lowest BCUT2D eigenvalue weighted by atomic mass is 10.3. The first-order valence-electron chi connectivity index (χ1n) is 3.83. The maximum atomic E-state index is 11.3. The number of thioether (sulfide) groups is 1. The molecule has 0 aromatic heterocycles. The topological polar surface area (TPSA) is 104 Å². The van der Waals surface area contributed by atoms with Gasteiger partial charge in [-0.15, -0.1) is 0 Å². The SMILES string of the molecule is CC1=C(C(=O)O)S[C@](C)(C(=O)NN)N1. The molecule has 5 N–H and O–H groups in total. The van der Waals surface area contributed by atoms with E-state index in [9.17, 15) is 9.59 Å². The van der Waals surface area contributed by atoms with Gasteiger partial charge in [-0.05, 0) is 13.8 Å². The van der Waals surface area contributed by atoms with Gasteiger partial charge >= 0.3 is 5.97 Å². The summed E-state index contributed by atoms with van der Waals surface area (Å²) >= 11 is 0.939. The fourth-order valence-electron chi connectivity index (χ4n) is 1.17. The smallest absolute Gasteiger partial charge is 0.344 e. The van der Waals surface area contributed by atoms with E-state index in [4.69, 9.17) is 10.9 Å². The third-order valence-electron chi connectivity index (χ3n) is 1.83. The maximum absolute atomic E-state index is 11.3. The molecule has 0 spiro atoms. The lowest BCUT2D eigenvalue weighted by Gasteiger charge is -2.22. The van der Waals surface area contributed by atoms with E-state index in [1.165, 1.54) is 0 Å². The van der Waals surface area contributed by atoms with E-state index in [1.807, 2.05) is 5.43 Å². The van der Waals surface area contributed by atoms with Crippen molar-refractivity contribution < 1.29 is 14.7 Å². The Balaban J connectivity index is 2.88. The van der Waals surface area contributed by atoms with Crippen molar-refractivity contribution in [1.29, 1.82) is 0 Å². The maximum Gasteiger partial charge on any atom is 0.344 e. The molecule has 0 aliphatic carbocycles. The summed E-state index contributed by atoms with van der Waals surface area (Å²) in [6.07, 6.45) is 0. The fraction of sp³-hybridized carbons (Fsp3) is 0.429. The van der Waals surface area contributed by atoms with Gasteiger partial charge in [-0.3, -0.25) is 10.2 Å². The molecule has 0 saturated heterocycles. The number of carbonyl (C=O) groups excluding carboxylic acids is 1. The lowest BCUT2D eigenvalue weighted by molar-refractivity contribution is -0.131. The van der Waals surface area contributed by atoms with E-state index in [1.54, 1.807) is 13.8 Å². The quantitative estimate of drug-likeness (QED) is 0.278. The average Bonchev–Trinajstić information content (AvgIpc) is 2.42. The van der Waals surface area contributed by atoms with Gasteiger partial charge in [0.1, 0.15) is 4.91 Å². The molecule has 1 aliphatic rings. The molecule has 0 bridgehead atoms. The summed E-state index contributed by atoms with van der Waals surface area (Å²) in [5.41, 5.74) is 2.45. The predicted molar refractivity (Wildman–Crippen MR) is 51.8 cm³/mol. The minimum atomic E-state index is -1.05. The first kappa shape index (κ1) is 10.9. The predicted octanol–water partition coefficient (Wildman–Crippen LogP) is -0.655. The highest BCUT2D eigenvalue weighted by atomic mass is 32.2. The van der Waals surface area contributed by atoms with Gasteiger partial charge in [-0.25, -0.2) is 10.6 Å². The third kappa shape index (κ3) is 1.68. The van der Waals surface area contributed by atoms with Gasteiger partial charge in [-0.1, -0.05) is 11.8 Å². The highest BCUT2D eigenvalue weighted by Gasteiger charge is 2.42. The van der Waals surface area contributed by atoms with Crippen LogP contribution in [0.25, 0.3) is 0 Å². The molecule has 1 heterocycles. The number of aliphatic carboxylic acids is 1. The Labute approximate surface area is 84.9 Å². The summed E-state index contributed by atoms with van der Waals surface area (Å²) < 4.78 is 0. The van der Waals surface area contributed by atoms with Crippen molar-refractivity contribution in [2.75, 3.05) is 0 Å². The molecule has 0 aromatic carbocycles. The summed E-state index contributed by atoms with van der Waals surface area (Å²) in [5, 5.41) is 11.6. The Morgan fingerprint density at radius 3 is 2.57 bits per heavy atom. The van der Waals surface area contributed by atoms with E-state index in [2.05, 4.69) is 5.32 Å². The van der Waals surface area contributed by atoms with Gasteiger partial charge in [0.2, 0.25) is 0 Å². The van der Waals surface area contributed by atoms with Gasteiger partial charge in [0.05, 0.1) is 0 Å². The molecule has 6 nitrogen and oxygen atoms in total. The van der Waals surface area contributed by atoms with Crippen LogP contribution in [0.15, 0.2) is 10.6 Å². The van der Waals surface area contributed by atoms with Crippen molar-refractivity contribution in [2.24, 2.45) is 5.84 Å². The fourth-order valence-corrected chi connectivity index (χ4v) is 2.22. The van der Waals surface area contributed by atoms with Crippen molar-refractivity contribution >= 4 is 23.6 Å². The number of allylic oxidation sites excluding steroid dienone is 1. The third-order valence-corrected chi connectivity index (χ3v) is 3.21. The Morgan fingerprint density at radius 1 is 1.64 bits per heavy atom.